The first-order chi connectivity index (χ1) is 19.3. The highest BCUT2D eigenvalue weighted by molar-refractivity contribution is 6.33. The van der Waals surface area contributed by atoms with Gasteiger partial charge in [0.2, 0.25) is 0 Å². The maximum atomic E-state index is 13.7. The first-order valence-electron chi connectivity index (χ1n) is 14.3. The summed E-state index contributed by atoms with van der Waals surface area (Å²) < 4.78 is 21.9. The molecule has 0 spiro atoms. The van der Waals surface area contributed by atoms with Crippen molar-refractivity contribution < 1.29 is 9.13 Å². The van der Waals surface area contributed by atoms with Crippen LogP contribution in [0, 0.1) is 5.82 Å². The molecule has 1 saturated carbocycles. The highest BCUT2D eigenvalue weighted by Gasteiger charge is 2.32. The van der Waals surface area contributed by atoms with E-state index in [1.54, 1.807) is 24.7 Å². The van der Waals surface area contributed by atoms with Crippen LogP contribution >= 0.6 is 11.6 Å². The Morgan fingerprint density at radius 3 is 2.62 bits per heavy atom. The van der Waals surface area contributed by atoms with Crippen LogP contribution in [0.1, 0.15) is 57.9 Å². The molecule has 2 aromatic carbocycles. The number of pyridine rings is 1. The van der Waals surface area contributed by atoms with Gasteiger partial charge in [0.05, 0.1) is 34.1 Å². The fourth-order valence-electron chi connectivity index (χ4n) is 6.09. The van der Waals surface area contributed by atoms with Crippen molar-refractivity contribution in [2.75, 3.05) is 11.9 Å². The smallest absolute Gasteiger partial charge is 0.126 e. The van der Waals surface area contributed by atoms with Crippen LogP contribution in [0.4, 0.5) is 10.2 Å². The van der Waals surface area contributed by atoms with Gasteiger partial charge in [-0.05, 0) is 93.8 Å². The number of nitrogens with zero attached hydrogens (tertiary/aromatic N) is 3. The second kappa shape index (κ2) is 11.5. The predicted molar refractivity (Wildman–Crippen MR) is 159 cm³/mol. The van der Waals surface area contributed by atoms with E-state index in [0.29, 0.717) is 29.8 Å². The van der Waals surface area contributed by atoms with Crippen LogP contribution in [0.3, 0.4) is 0 Å². The van der Waals surface area contributed by atoms with Crippen molar-refractivity contribution in [1.82, 2.24) is 19.9 Å². The quantitative estimate of drug-likeness (QED) is 0.238. The van der Waals surface area contributed by atoms with E-state index < -0.39 is 0 Å². The summed E-state index contributed by atoms with van der Waals surface area (Å²) >= 11 is 6.64. The normalized spacial score (nSPS) is 22.6. The van der Waals surface area contributed by atoms with Crippen LogP contribution in [-0.2, 0) is 11.3 Å². The van der Waals surface area contributed by atoms with Gasteiger partial charge in [-0.2, -0.15) is 0 Å². The van der Waals surface area contributed by atoms with Crippen molar-refractivity contribution in [3.8, 4) is 11.1 Å². The van der Waals surface area contributed by atoms with E-state index in [9.17, 15) is 4.39 Å². The summed E-state index contributed by atoms with van der Waals surface area (Å²) in [6.07, 6.45) is 10.6. The topological polar surface area (TPSA) is 64.0 Å². The van der Waals surface area contributed by atoms with E-state index >= 15 is 0 Å². The molecule has 1 aliphatic carbocycles. The van der Waals surface area contributed by atoms with Gasteiger partial charge in [-0.25, -0.2) is 14.4 Å². The van der Waals surface area contributed by atoms with Crippen LogP contribution in [0.25, 0.3) is 22.2 Å². The number of rotatable bonds is 8. The molecule has 40 heavy (non-hydrogen) atoms. The molecule has 6 nitrogen and oxygen atoms in total. The lowest BCUT2D eigenvalue weighted by molar-refractivity contribution is -0.0155. The van der Waals surface area contributed by atoms with E-state index in [1.807, 2.05) is 28.8 Å². The summed E-state index contributed by atoms with van der Waals surface area (Å²) in [5, 5.41) is 8.00. The van der Waals surface area contributed by atoms with Gasteiger partial charge in [-0.1, -0.05) is 29.8 Å². The van der Waals surface area contributed by atoms with Crippen molar-refractivity contribution in [2.24, 2.45) is 0 Å². The SMILES string of the molecule is CC1(C)CCC(CN[C@H]2CC[C@H](Nc3cc(-c4ccc5ncn(Cc6cccc(F)c6)c5c4)c(Cl)cn3)CC2)O1. The Labute approximate surface area is 240 Å². The van der Waals surface area contributed by atoms with Gasteiger partial charge in [0.15, 0.2) is 0 Å². The molecule has 0 radical (unpaired) electrons. The maximum absolute atomic E-state index is 13.7. The predicted octanol–water partition coefficient (Wildman–Crippen LogP) is 7.21. The fraction of sp³-hybridized carbons (Fsp3) is 0.438. The van der Waals surface area contributed by atoms with Crippen LogP contribution in [-0.4, -0.2) is 44.9 Å². The fourth-order valence-corrected chi connectivity index (χ4v) is 6.30. The molecule has 0 bridgehead atoms. The van der Waals surface area contributed by atoms with E-state index in [-0.39, 0.29) is 11.4 Å². The van der Waals surface area contributed by atoms with Crippen molar-refractivity contribution in [2.45, 2.75) is 82.7 Å². The minimum Gasteiger partial charge on any atom is -0.371 e. The van der Waals surface area contributed by atoms with E-state index in [2.05, 4.69) is 40.5 Å². The van der Waals surface area contributed by atoms with Crippen molar-refractivity contribution in [3.05, 3.63) is 77.5 Å². The third-order valence-electron chi connectivity index (χ3n) is 8.30. The summed E-state index contributed by atoms with van der Waals surface area (Å²) in [5.74, 6) is 0.601. The van der Waals surface area contributed by atoms with Crippen molar-refractivity contribution in [3.63, 3.8) is 0 Å². The van der Waals surface area contributed by atoms with Gasteiger partial charge in [0.25, 0.3) is 0 Å². The highest BCUT2D eigenvalue weighted by atomic mass is 35.5. The average Bonchev–Trinajstić information content (AvgIpc) is 3.51. The lowest BCUT2D eigenvalue weighted by atomic mass is 9.91. The lowest BCUT2D eigenvalue weighted by Crippen LogP contribution is -2.40. The number of aromatic nitrogens is 3. The molecular weight excluding hydrogens is 525 g/mol. The van der Waals surface area contributed by atoms with Crippen LogP contribution in [0.2, 0.25) is 5.02 Å². The molecule has 3 heterocycles. The second-order valence-corrected chi connectivity index (χ2v) is 12.3. The van der Waals surface area contributed by atoms with Gasteiger partial charge >= 0.3 is 0 Å². The van der Waals surface area contributed by atoms with E-state index in [0.717, 1.165) is 78.6 Å². The molecule has 1 unspecified atom stereocenters. The number of benzene rings is 2. The molecule has 210 valence electrons. The van der Waals surface area contributed by atoms with Crippen LogP contribution in [0.15, 0.2) is 61.1 Å². The van der Waals surface area contributed by atoms with Crippen LogP contribution in [0.5, 0.6) is 0 Å². The Bertz CT molecular complexity index is 1480. The highest BCUT2D eigenvalue weighted by Crippen LogP contribution is 2.33. The average molecular weight is 562 g/mol. The zero-order valence-electron chi connectivity index (χ0n) is 23.2. The Kier molecular flexibility index (Phi) is 7.80. The largest absolute Gasteiger partial charge is 0.371 e. The third-order valence-corrected chi connectivity index (χ3v) is 8.60. The first kappa shape index (κ1) is 27.2. The molecule has 2 fully saturated rings. The first-order valence-corrected chi connectivity index (χ1v) is 14.7. The third kappa shape index (κ3) is 6.32. The molecule has 2 N–H and O–H groups in total. The zero-order chi connectivity index (χ0) is 27.7. The minimum atomic E-state index is -0.237. The monoisotopic (exact) mass is 561 g/mol. The number of hydrogen-bond acceptors (Lipinski definition) is 5. The molecule has 1 aliphatic heterocycles. The molecule has 8 heteroatoms. The molecule has 2 aliphatic rings. The molecule has 1 saturated heterocycles. The van der Waals surface area contributed by atoms with Crippen molar-refractivity contribution in [1.29, 1.82) is 0 Å². The lowest BCUT2D eigenvalue weighted by Gasteiger charge is -2.31. The molecule has 6 rings (SSSR count). The zero-order valence-corrected chi connectivity index (χ0v) is 23.9. The molecule has 2 aromatic heterocycles. The number of ether oxygens (including phenoxy) is 1. The molecule has 4 aromatic rings. The molecular formula is C32H37ClFN5O. The Morgan fingerprint density at radius 1 is 1.02 bits per heavy atom. The van der Waals surface area contributed by atoms with Gasteiger partial charge in [0, 0.05) is 36.9 Å². The second-order valence-electron chi connectivity index (χ2n) is 11.9. The summed E-state index contributed by atoms with van der Waals surface area (Å²) in [6.45, 7) is 5.85. The summed E-state index contributed by atoms with van der Waals surface area (Å²) in [6, 6.07) is 15.8. The van der Waals surface area contributed by atoms with Gasteiger partial charge in [-0.3, -0.25) is 0 Å². The Morgan fingerprint density at radius 2 is 1.85 bits per heavy atom. The number of anilines is 1. The minimum absolute atomic E-state index is 0.0220. The van der Waals surface area contributed by atoms with Crippen LogP contribution < -0.4 is 10.6 Å². The van der Waals surface area contributed by atoms with Crippen molar-refractivity contribution >= 4 is 28.5 Å². The summed E-state index contributed by atoms with van der Waals surface area (Å²) in [4.78, 5) is 9.12. The Hall–Kier alpha value is -3.00. The summed E-state index contributed by atoms with van der Waals surface area (Å²) in [5.41, 5.74) is 4.69. The molecule has 1 atom stereocenters. The standard InChI is InChI=1S/C32H37ClFN5O/c1-32(2)13-12-26(40-32)17-35-24-7-9-25(10-8-24)38-31-16-27(28(33)18-36-31)22-6-11-29-30(15-22)39(20-37-29)19-21-4-3-5-23(34)14-21/h3-6,11,14-16,18,20,24-26,35H,7-10,12-13,17,19H2,1-2H3,(H,36,38)/t24-,25-,26?. The number of fused-ring (bicyclic) bond motifs is 1. The number of nitrogens with one attached hydrogen (secondary N) is 2. The molecule has 0 amide bonds. The maximum Gasteiger partial charge on any atom is 0.126 e. The van der Waals surface area contributed by atoms with Gasteiger partial charge < -0.3 is 19.9 Å². The van der Waals surface area contributed by atoms with Gasteiger partial charge in [-0.15, -0.1) is 0 Å². The number of hydrogen-bond donors (Lipinski definition) is 2. The number of imidazole rings is 1. The van der Waals surface area contributed by atoms with Gasteiger partial charge in [0.1, 0.15) is 11.6 Å². The number of halogens is 2. The van der Waals surface area contributed by atoms with E-state index in [1.165, 1.54) is 6.07 Å². The summed E-state index contributed by atoms with van der Waals surface area (Å²) in [7, 11) is 0. The van der Waals surface area contributed by atoms with E-state index in [4.69, 9.17) is 16.3 Å². The Balaban J connectivity index is 1.10.